The average molecular weight is 219 g/mol. The first-order chi connectivity index (χ1) is 5.24. The molecule has 60 valence electrons. The number of rotatable bonds is 2. The van der Waals surface area contributed by atoms with E-state index in [-0.39, 0.29) is 5.97 Å². The Morgan fingerprint density at radius 1 is 1.91 bits per heavy atom. The van der Waals surface area contributed by atoms with Crippen LogP contribution in [0.5, 0.6) is 0 Å². The second kappa shape index (κ2) is 3.52. The van der Waals surface area contributed by atoms with Crippen molar-refractivity contribution >= 4 is 21.9 Å². The number of ether oxygens (including phenoxy) is 1. The van der Waals surface area contributed by atoms with Crippen LogP contribution in [-0.4, -0.2) is 22.8 Å². The predicted octanol–water partition coefficient (Wildman–Crippen LogP) is 1.35. The molecule has 11 heavy (non-hydrogen) atoms. The standard InChI is InChI=1S/C6H7BrN2O2/c1-2-11-6(10)4-3-5(7)9-8-4/h3H,2H2,1H3,(H,8,9). The molecule has 1 heterocycles. The first kappa shape index (κ1) is 8.26. The van der Waals surface area contributed by atoms with E-state index in [4.69, 9.17) is 4.74 Å². The number of aromatic amines is 1. The molecule has 1 rings (SSSR count). The lowest BCUT2D eigenvalue weighted by atomic mass is 10.4. The van der Waals surface area contributed by atoms with Gasteiger partial charge in [0.15, 0.2) is 0 Å². The van der Waals surface area contributed by atoms with Gasteiger partial charge in [0.1, 0.15) is 10.3 Å². The van der Waals surface area contributed by atoms with Crippen molar-refractivity contribution in [1.82, 2.24) is 10.2 Å². The monoisotopic (exact) mass is 218 g/mol. The summed E-state index contributed by atoms with van der Waals surface area (Å²) in [6, 6.07) is 1.57. The fourth-order valence-electron chi connectivity index (χ4n) is 0.611. The van der Waals surface area contributed by atoms with E-state index < -0.39 is 0 Å². The minimum absolute atomic E-state index is 0.360. The lowest BCUT2D eigenvalue weighted by Gasteiger charge is -1.95. The van der Waals surface area contributed by atoms with Gasteiger partial charge in [0.05, 0.1) is 6.61 Å². The fourth-order valence-corrected chi connectivity index (χ4v) is 0.928. The van der Waals surface area contributed by atoms with Crippen molar-refractivity contribution < 1.29 is 9.53 Å². The summed E-state index contributed by atoms with van der Waals surface area (Å²) < 4.78 is 5.31. The number of hydrogen-bond donors (Lipinski definition) is 1. The molecular formula is C6H7BrN2O2. The quantitative estimate of drug-likeness (QED) is 0.763. The highest BCUT2D eigenvalue weighted by Crippen LogP contribution is 2.07. The van der Waals surface area contributed by atoms with Gasteiger partial charge in [0.25, 0.3) is 0 Å². The van der Waals surface area contributed by atoms with Crippen molar-refractivity contribution in [2.75, 3.05) is 6.61 Å². The third-order valence-corrected chi connectivity index (χ3v) is 1.45. The second-order valence-corrected chi connectivity index (χ2v) is 2.64. The smallest absolute Gasteiger partial charge is 0.356 e. The van der Waals surface area contributed by atoms with Gasteiger partial charge in [0, 0.05) is 6.07 Å². The number of carbonyl (C=O) groups excluding carboxylic acids is 1. The van der Waals surface area contributed by atoms with Crippen LogP contribution < -0.4 is 0 Å². The van der Waals surface area contributed by atoms with Crippen LogP contribution in [0.15, 0.2) is 10.7 Å². The molecule has 0 fully saturated rings. The molecule has 0 saturated heterocycles. The Labute approximate surface area is 72.1 Å². The zero-order valence-corrected chi connectivity index (χ0v) is 7.51. The summed E-state index contributed by atoms with van der Waals surface area (Å²) in [5.41, 5.74) is 0.360. The van der Waals surface area contributed by atoms with Gasteiger partial charge in [-0.3, -0.25) is 5.10 Å². The van der Waals surface area contributed by atoms with E-state index in [9.17, 15) is 4.79 Å². The van der Waals surface area contributed by atoms with Crippen LogP contribution in [-0.2, 0) is 4.74 Å². The first-order valence-electron chi connectivity index (χ1n) is 3.12. The molecule has 0 unspecified atom stereocenters. The van der Waals surface area contributed by atoms with Crippen LogP contribution in [0.1, 0.15) is 17.4 Å². The molecule has 1 aromatic rings. The maximum atomic E-state index is 10.9. The van der Waals surface area contributed by atoms with E-state index in [2.05, 4.69) is 26.1 Å². The molecule has 0 amide bonds. The summed E-state index contributed by atoms with van der Waals surface area (Å²) in [5.74, 6) is -0.384. The molecule has 5 heteroatoms. The largest absolute Gasteiger partial charge is 0.461 e. The van der Waals surface area contributed by atoms with Gasteiger partial charge in [0.2, 0.25) is 0 Å². The first-order valence-corrected chi connectivity index (χ1v) is 3.91. The highest BCUT2D eigenvalue weighted by molar-refractivity contribution is 9.10. The molecule has 0 atom stereocenters. The third-order valence-electron chi connectivity index (χ3n) is 1.04. The van der Waals surface area contributed by atoms with Gasteiger partial charge >= 0.3 is 5.97 Å². The molecule has 0 aliphatic carbocycles. The Hall–Kier alpha value is -0.840. The van der Waals surface area contributed by atoms with Gasteiger partial charge in [-0.15, -0.1) is 0 Å². The lowest BCUT2D eigenvalue weighted by molar-refractivity contribution is 0.0519. The number of esters is 1. The zero-order chi connectivity index (χ0) is 8.27. The predicted molar refractivity (Wildman–Crippen MR) is 42.2 cm³/mol. The van der Waals surface area contributed by atoms with Gasteiger partial charge in [-0.2, -0.15) is 5.10 Å². The van der Waals surface area contributed by atoms with E-state index >= 15 is 0 Å². The fraction of sp³-hybridized carbons (Fsp3) is 0.333. The molecule has 0 aliphatic heterocycles. The van der Waals surface area contributed by atoms with Gasteiger partial charge in [-0.1, -0.05) is 0 Å². The molecule has 1 N–H and O–H groups in total. The molecule has 0 aliphatic rings. The molecule has 1 aromatic heterocycles. The van der Waals surface area contributed by atoms with E-state index in [1.54, 1.807) is 13.0 Å². The molecular weight excluding hydrogens is 212 g/mol. The number of carbonyl (C=O) groups is 1. The van der Waals surface area contributed by atoms with E-state index in [0.29, 0.717) is 16.9 Å². The maximum absolute atomic E-state index is 10.9. The van der Waals surface area contributed by atoms with Crippen molar-refractivity contribution in [2.24, 2.45) is 0 Å². The summed E-state index contributed by atoms with van der Waals surface area (Å²) in [6.45, 7) is 2.12. The highest BCUT2D eigenvalue weighted by atomic mass is 79.9. The van der Waals surface area contributed by atoms with Crippen molar-refractivity contribution in [3.05, 3.63) is 16.4 Å². The SMILES string of the molecule is CCOC(=O)c1cc(Br)n[nH]1. The molecule has 0 radical (unpaired) electrons. The molecule has 0 aromatic carbocycles. The average Bonchev–Trinajstić information content (AvgIpc) is 2.36. The van der Waals surface area contributed by atoms with E-state index in [1.165, 1.54) is 0 Å². The van der Waals surface area contributed by atoms with Crippen LogP contribution in [0.25, 0.3) is 0 Å². The molecule has 0 bridgehead atoms. The summed E-state index contributed by atoms with van der Waals surface area (Å²) in [4.78, 5) is 10.9. The summed E-state index contributed by atoms with van der Waals surface area (Å²) in [6.07, 6.45) is 0. The minimum atomic E-state index is -0.384. The Balaban J connectivity index is 2.69. The van der Waals surface area contributed by atoms with Crippen molar-refractivity contribution in [2.45, 2.75) is 6.92 Å². The summed E-state index contributed by atoms with van der Waals surface area (Å²) >= 11 is 3.10. The van der Waals surface area contributed by atoms with Crippen LogP contribution in [0, 0.1) is 0 Å². The van der Waals surface area contributed by atoms with Crippen LogP contribution in [0.4, 0.5) is 0 Å². The van der Waals surface area contributed by atoms with Gasteiger partial charge < -0.3 is 4.74 Å². The number of H-pyrrole nitrogens is 1. The van der Waals surface area contributed by atoms with Gasteiger partial charge in [-0.05, 0) is 22.9 Å². The normalized spacial score (nSPS) is 9.64. The second-order valence-electron chi connectivity index (χ2n) is 1.82. The van der Waals surface area contributed by atoms with Crippen molar-refractivity contribution in [1.29, 1.82) is 0 Å². The Morgan fingerprint density at radius 3 is 3.09 bits per heavy atom. The lowest BCUT2D eigenvalue weighted by Crippen LogP contribution is -2.04. The Morgan fingerprint density at radius 2 is 2.64 bits per heavy atom. The van der Waals surface area contributed by atoms with Crippen LogP contribution in [0.2, 0.25) is 0 Å². The number of aromatic nitrogens is 2. The third kappa shape index (κ3) is 2.04. The Bertz CT molecular complexity index is 259. The van der Waals surface area contributed by atoms with E-state index in [0.717, 1.165) is 0 Å². The zero-order valence-electron chi connectivity index (χ0n) is 5.93. The number of hydrogen-bond acceptors (Lipinski definition) is 3. The minimum Gasteiger partial charge on any atom is -0.461 e. The number of halogens is 1. The number of nitrogens with zero attached hydrogens (tertiary/aromatic N) is 1. The number of nitrogens with one attached hydrogen (secondary N) is 1. The molecule has 0 spiro atoms. The van der Waals surface area contributed by atoms with Crippen molar-refractivity contribution in [3.63, 3.8) is 0 Å². The highest BCUT2D eigenvalue weighted by Gasteiger charge is 2.08. The molecule has 4 nitrogen and oxygen atoms in total. The van der Waals surface area contributed by atoms with Gasteiger partial charge in [-0.25, -0.2) is 4.79 Å². The Kier molecular flexibility index (Phi) is 2.64. The summed E-state index contributed by atoms with van der Waals surface area (Å²) in [5, 5.41) is 6.23. The van der Waals surface area contributed by atoms with E-state index in [1.807, 2.05) is 0 Å². The van der Waals surface area contributed by atoms with Crippen LogP contribution in [0.3, 0.4) is 0 Å². The summed E-state index contributed by atoms with van der Waals surface area (Å²) in [7, 11) is 0. The van der Waals surface area contributed by atoms with Crippen LogP contribution >= 0.6 is 15.9 Å². The van der Waals surface area contributed by atoms with Crippen molar-refractivity contribution in [3.8, 4) is 0 Å². The topological polar surface area (TPSA) is 55.0 Å². The maximum Gasteiger partial charge on any atom is 0.356 e. The molecule has 0 saturated carbocycles.